The number of hydrogen-bond acceptors (Lipinski definition) is 2. The molecule has 0 atom stereocenters. The monoisotopic (exact) mass is 317 g/mol. The number of hydrazine groups is 1. The maximum atomic E-state index is 13.5. The van der Waals surface area contributed by atoms with Gasteiger partial charge >= 0.3 is 0 Å². The van der Waals surface area contributed by atoms with Gasteiger partial charge in [-0.1, -0.05) is 23.8 Å². The molecule has 2 rings (SSSR count). The summed E-state index contributed by atoms with van der Waals surface area (Å²) >= 11 is 5.29. The summed E-state index contributed by atoms with van der Waals surface area (Å²) in [6.45, 7) is 6.55. The summed E-state index contributed by atoms with van der Waals surface area (Å²) < 4.78 is 13.5. The quantitative estimate of drug-likeness (QED) is 0.654. The normalized spacial score (nSPS) is 10.2. The molecule has 0 fully saturated rings. The smallest absolute Gasteiger partial charge is 0.189 e. The standard InChI is InChI=1S/C17H20FN3S/c1-4-21(15-9-5-12(2)6-10-15)20-17(22)19-14-8-7-13(3)16(18)11-14/h5-11H,4H2,1-3H3,(H2,19,20,22). The highest BCUT2D eigenvalue weighted by Crippen LogP contribution is 2.15. The van der Waals surface area contributed by atoms with Crippen LogP contribution in [0.4, 0.5) is 15.8 Å². The van der Waals surface area contributed by atoms with E-state index in [9.17, 15) is 4.39 Å². The van der Waals surface area contributed by atoms with Gasteiger partial charge in [-0.15, -0.1) is 0 Å². The number of hydrogen-bond donors (Lipinski definition) is 2. The van der Waals surface area contributed by atoms with Crippen molar-refractivity contribution >= 4 is 28.7 Å². The van der Waals surface area contributed by atoms with Crippen LogP contribution in [0.15, 0.2) is 42.5 Å². The van der Waals surface area contributed by atoms with Crippen molar-refractivity contribution in [3.05, 3.63) is 59.4 Å². The molecule has 22 heavy (non-hydrogen) atoms. The molecule has 2 N–H and O–H groups in total. The first-order chi connectivity index (χ1) is 10.5. The van der Waals surface area contributed by atoms with Gasteiger partial charge in [-0.3, -0.25) is 10.4 Å². The largest absolute Gasteiger partial charge is 0.331 e. The molecule has 3 nitrogen and oxygen atoms in total. The lowest BCUT2D eigenvalue weighted by Gasteiger charge is -2.25. The van der Waals surface area contributed by atoms with E-state index in [1.165, 1.54) is 11.6 Å². The van der Waals surface area contributed by atoms with E-state index in [2.05, 4.69) is 10.7 Å². The minimum Gasteiger partial charge on any atom is -0.331 e. The van der Waals surface area contributed by atoms with E-state index >= 15 is 0 Å². The van der Waals surface area contributed by atoms with Crippen molar-refractivity contribution in [2.45, 2.75) is 20.8 Å². The van der Waals surface area contributed by atoms with E-state index in [1.54, 1.807) is 19.1 Å². The van der Waals surface area contributed by atoms with Gasteiger partial charge in [0.15, 0.2) is 5.11 Å². The van der Waals surface area contributed by atoms with E-state index in [-0.39, 0.29) is 5.82 Å². The van der Waals surface area contributed by atoms with Gasteiger partial charge in [-0.05, 0) is 62.8 Å². The number of aryl methyl sites for hydroxylation is 2. The Balaban J connectivity index is 2.02. The Kier molecular flexibility index (Phi) is 5.33. The average Bonchev–Trinajstić information content (AvgIpc) is 2.49. The summed E-state index contributed by atoms with van der Waals surface area (Å²) in [5.74, 6) is -0.251. The molecule has 0 heterocycles. The second-order valence-corrected chi connectivity index (χ2v) is 5.52. The summed E-state index contributed by atoms with van der Waals surface area (Å²) in [6.07, 6.45) is 0. The Morgan fingerprint density at radius 3 is 2.41 bits per heavy atom. The molecular formula is C17H20FN3S. The zero-order valence-corrected chi connectivity index (χ0v) is 13.8. The van der Waals surface area contributed by atoms with Crippen LogP contribution in [0.25, 0.3) is 0 Å². The van der Waals surface area contributed by atoms with Gasteiger partial charge in [0.05, 0.1) is 5.69 Å². The molecule has 0 aliphatic carbocycles. The fourth-order valence-electron chi connectivity index (χ4n) is 2.00. The molecule has 5 heteroatoms. The molecule has 116 valence electrons. The molecule has 0 saturated carbocycles. The van der Waals surface area contributed by atoms with Gasteiger partial charge in [-0.25, -0.2) is 4.39 Å². The van der Waals surface area contributed by atoms with Crippen molar-refractivity contribution < 1.29 is 4.39 Å². The van der Waals surface area contributed by atoms with Crippen LogP contribution >= 0.6 is 12.2 Å². The number of anilines is 2. The van der Waals surface area contributed by atoms with E-state index in [0.29, 0.717) is 16.4 Å². The minimum absolute atomic E-state index is 0.251. The van der Waals surface area contributed by atoms with Crippen LogP contribution in [-0.2, 0) is 0 Å². The zero-order valence-electron chi connectivity index (χ0n) is 13.0. The Labute approximate surface area is 136 Å². The van der Waals surface area contributed by atoms with Crippen LogP contribution in [0.1, 0.15) is 18.1 Å². The molecule has 0 aliphatic rings. The first-order valence-corrected chi connectivity index (χ1v) is 7.58. The van der Waals surface area contributed by atoms with E-state index in [0.717, 1.165) is 12.2 Å². The number of rotatable bonds is 4. The van der Waals surface area contributed by atoms with Crippen LogP contribution in [-0.4, -0.2) is 11.7 Å². The summed E-state index contributed by atoms with van der Waals surface area (Å²) in [5.41, 5.74) is 6.58. The summed E-state index contributed by atoms with van der Waals surface area (Å²) in [4.78, 5) is 0. The molecule has 2 aromatic rings. The Hall–Kier alpha value is -2.14. The van der Waals surface area contributed by atoms with Crippen molar-refractivity contribution in [1.82, 2.24) is 5.43 Å². The summed E-state index contributed by atoms with van der Waals surface area (Å²) in [7, 11) is 0. The lowest BCUT2D eigenvalue weighted by molar-refractivity contribution is 0.619. The maximum absolute atomic E-state index is 13.5. The first-order valence-electron chi connectivity index (χ1n) is 7.17. The van der Waals surface area contributed by atoms with Crippen molar-refractivity contribution in [1.29, 1.82) is 0 Å². The van der Waals surface area contributed by atoms with Gasteiger partial charge in [0.1, 0.15) is 5.82 Å². The van der Waals surface area contributed by atoms with Crippen LogP contribution in [0.3, 0.4) is 0 Å². The van der Waals surface area contributed by atoms with Crippen LogP contribution in [0.5, 0.6) is 0 Å². The molecule has 2 aromatic carbocycles. The third-order valence-electron chi connectivity index (χ3n) is 3.33. The Morgan fingerprint density at radius 1 is 1.14 bits per heavy atom. The molecule has 0 aromatic heterocycles. The SMILES string of the molecule is CCN(NC(=S)Nc1ccc(C)c(F)c1)c1ccc(C)cc1. The molecule has 0 saturated heterocycles. The van der Waals surface area contributed by atoms with Gasteiger partial charge < -0.3 is 5.32 Å². The summed E-state index contributed by atoms with van der Waals surface area (Å²) in [6, 6.07) is 13.1. The number of halogens is 1. The third kappa shape index (κ3) is 4.18. The average molecular weight is 317 g/mol. The van der Waals surface area contributed by atoms with Gasteiger partial charge in [0.25, 0.3) is 0 Å². The molecule has 0 unspecified atom stereocenters. The number of benzene rings is 2. The Morgan fingerprint density at radius 2 is 1.82 bits per heavy atom. The molecule has 0 spiro atoms. The number of nitrogens with one attached hydrogen (secondary N) is 2. The van der Waals surface area contributed by atoms with E-state index in [4.69, 9.17) is 12.2 Å². The van der Waals surface area contributed by atoms with E-state index < -0.39 is 0 Å². The lowest BCUT2D eigenvalue weighted by Crippen LogP contribution is -2.44. The predicted molar refractivity (Wildman–Crippen MR) is 94.7 cm³/mol. The molecular weight excluding hydrogens is 297 g/mol. The van der Waals surface area contributed by atoms with Crippen molar-refractivity contribution in [3.63, 3.8) is 0 Å². The lowest BCUT2D eigenvalue weighted by atomic mass is 10.2. The highest BCUT2D eigenvalue weighted by molar-refractivity contribution is 7.80. The number of thiocarbonyl (C=S) groups is 1. The van der Waals surface area contributed by atoms with Gasteiger partial charge in [-0.2, -0.15) is 0 Å². The highest BCUT2D eigenvalue weighted by atomic mass is 32.1. The Bertz CT molecular complexity index is 655. The molecule has 0 radical (unpaired) electrons. The third-order valence-corrected chi connectivity index (χ3v) is 3.52. The summed E-state index contributed by atoms with van der Waals surface area (Å²) in [5, 5.41) is 5.35. The van der Waals surface area contributed by atoms with Crippen molar-refractivity contribution in [3.8, 4) is 0 Å². The van der Waals surface area contributed by atoms with Crippen LogP contribution in [0.2, 0.25) is 0 Å². The maximum Gasteiger partial charge on any atom is 0.189 e. The van der Waals surface area contributed by atoms with Crippen molar-refractivity contribution in [2.75, 3.05) is 16.9 Å². The van der Waals surface area contributed by atoms with Gasteiger partial charge in [0.2, 0.25) is 0 Å². The molecule has 0 aliphatic heterocycles. The minimum atomic E-state index is -0.251. The second-order valence-electron chi connectivity index (χ2n) is 5.11. The topological polar surface area (TPSA) is 27.3 Å². The van der Waals surface area contributed by atoms with Crippen LogP contribution < -0.4 is 15.8 Å². The van der Waals surface area contributed by atoms with Crippen LogP contribution in [0, 0.1) is 19.7 Å². The van der Waals surface area contributed by atoms with E-state index in [1.807, 2.05) is 43.1 Å². The highest BCUT2D eigenvalue weighted by Gasteiger charge is 2.07. The van der Waals surface area contributed by atoms with Gasteiger partial charge in [0, 0.05) is 12.2 Å². The second kappa shape index (κ2) is 7.22. The molecule has 0 bridgehead atoms. The molecule has 0 amide bonds. The first kappa shape index (κ1) is 16.2. The van der Waals surface area contributed by atoms with Crippen molar-refractivity contribution in [2.24, 2.45) is 0 Å². The fourth-order valence-corrected chi connectivity index (χ4v) is 2.23. The fraction of sp³-hybridized carbons (Fsp3) is 0.235. The predicted octanol–water partition coefficient (Wildman–Crippen LogP) is 4.17. The zero-order chi connectivity index (χ0) is 16.1. The number of nitrogens with zero attached hydrogens (tertiary/aromatic N) is 1.